The Hall–Kier alpha value is -1.17. The van der Waals surface area contributed by atoms with Crippen LogP contribution in [0.1, 0.15) is 33.6 Å². The van der Waals surface area contributed by atoms with Crippen LogP contribution in [0.3, 0.4) is 0 Å². The zero-order valence-electron chi connectivity index (χ0n) is 13.5. The van der Waals surface area contributed by atoms with Crippen molar-refractivity contribution in [3.63, 3.8) is 0 Å². The Balaban J connectivity index is 1.86. The maximum Gasteiger partial charge on any atom is 0.241 e. The number of likely N-dealkylation sites (tertiary alicyclic amines) is 1. The average molecular weight is 325 g/mol. The summed E-state index contributed by atoms with van der Waals surface area (Å²) in [6, 6.07) is 4.41. The van der Waals surface area contributed by atoms with Gasteiger partial charge in [0, 0.05) is 31.4 Å². The number of anilines is 1. The van der Waals surface area contributed by atoms with Crippen LogP contribution in [-0.4, -0.2) is 47.0 Å². The Morgan fingerprint density at radius 2 is 2.05 bits per heavy atom. The van der Waals surface area contributed by atoms with E-state index in [1.165, 1.54) is 0 Å². The van der Waals surface area contributed by atoms with Gasteiger partial charge < -0.3 is 10.6 Å². The van der Waals surface area contributed by atoms with Crippen LogP contribution in [0, 0.1) is 0 Å². The second-order valence-corrected chi connectivity index (χ2v) is 6.50. The molecule has 1 saturated heterocycles. The van der Waals surface area contributed by atoms with Crippen molar-refractivity contribution in [3.05, 3.63) is 23.5 Å². The van der Waals surface area contributed by atoms with E-state index in [2.05, 4.69) is 34.4 Å². The highest BCUT2D eigenvalue weighted by Gasteiger charge is 2.27. The fourth-order valence-electron chi connectivity index (χ4n) is 2.81. The number of rotatable bonds is 5. The summed E-state index contributed by atoms with van der Waals surface area (Å²) < 4.78 is 0. The maximum atomic E-state index is 12.4. The molecule has 22 heavy (non-hydrogen) atoms. The van der Waals surface area contributed by atoms with Crippen LogP contribution in [0.5, 0.6) is 0 Å². The smallest absolute Gasteiger partial charge is 0.241 e. The highest BCUT2D eigenvalue weighted by molar-refractivity contribution is 6.32. The summed E-state index contributed by atoms with van der Waals surface area (Å²) in [5, 5.41) is 6.75. The van der Waals surface area contributed by atoms with E-state index in [4.69, 9.17) is 11.6 Å². The number of nitrogens with zero attached hydrogens (tertiary/aromatic N) is 2. The van der Waals surface area contributed by atoms with Gasteiger partial charge in [0.15, 0.2) is 5.15 Å². The minimum absolute atomic E-state index is 0.0369. The van der Waals surface area contributed by atoms with Crippen molar-refractivity contribution < 1.29 is 4.79 Å². The number of pyridine rings is 1. The molecule has 0 unspecified atom stereocenters. The van der Waals surface area contributed by atoms with Gasteiger partial charge in [-0.15, -0.1) is 0 Å². The molecule has 0 aromatic carbocycles. The van der Waals surface area contributed by atoms with Crippen LogP contribution in [0.15, 0.2) is 18.3 Å². The highest BCUT2D eigenvalue weighted by atomic mass is 35.5. The molecule has 1 atom stereocenters. The summed E-state index contributed by atoms with van der Waals surface area (Å²) in [5.41, 5.74) is 0.567. The van der Waals surface area contributed by atoms with Crippen molar-refractivity contribution in [2.24, 2.45) is 0 Å². The highest BCUT2D eigenvalue weighted by Crippen LogP contribution is 2.19. The number of hydrogen-bond donors (Lipinski definition) is 2. The van der Waals surface area contributed by atoms with Gasteiger partial charge in [-0.1, -0.05) is 25.4 Å². The Kier molecular flexibility index (Phi) is 6.17. The first-order valence-corrected chi connectivity index (χ1v) is 8.26. The van der Waals surface area contributed by atoms with Gasteiger partial charge in [0.1, 0.15) is 0 Å². The summed E-state index contributed by atoms with van der Waals surface area (Å²) in [5.74, 6) is -0.0369. The lowest BCUT2D eigenvalue weighted by molar-refractivity contribution is -0.121. The Bertz CT molecular complexity index is 501. The second kappa shape index (κ2) is 7.90. The SMILES string of the molecule is CC(C)NC1CCN([C@@H](C)C(=O)Nc2cccnc2Cl)CC1. The predicted octanol–water partition coefficient (Wildman–Crippen LogP) is 2.52. The third kappa shape index (κ3) is 4.66. The first-order chi connectivity index (χ1) is 10.5. The minimum Gasteiger partial charge on any atom is -0.322 e. The van der Waals surface area contributed by atoms with Crippen molar-refractivity contribution in [2.45, 2.75) is 51.7 Å². The van der Waals surface area contributed by atoms with Crippen LogP contribution in [0.25, 0.3) is 0 Å². The fourth-order valence-corrected chi connectivity index (χ4v) is 2.97. The quantitative estimate of drug-likeness (QED) is 0.817. The zero-order valence-corrected chi connectivity index (χ0v) is 14.2. The lowest BCUT2D eigenvalue weighted by atomic mass is 10.0. The van der Waals surface area contributed by atoms with Gasteiger partial charge in [-0.2, -0.15) is 0 Å². The third-order valence-electron chi connectivity index (χ3n) is 4.04. The molecule has 0 spiro atoms. The zero-order chi connectivity index (χ0) is 16.1. The predicted molar refractivity (Wildman–Crippen MR) is 90.2 cm³/mol. The van der Waals surface area contributed by atoms with E-state index in [-0.39, 0.29) is 11.9 Å². The van der Waals surface area contributed by atoms with Crippen LogP contribution >= 0.6 is 11.6 Å². The minimum atomic E-state index is -0.170. The summed E-state index contributed by atoms with van der Waals surface area (Å²) in [7, 11) is 0. The molecule has 2 rings (SSSR count). The van der Waals surface area contributed by atoms with E-state index < -0.39 is 0 Å². The van der Waals surface area contributed by atoms with E-state index in [0.717, 1.165) is 25.9 Å². The molecule has 1 aromatic rings. The molecule has 2 N–H and O–H groups in total. The maximum absolute atomic E-state index is 12.4. The number of amides is 1. The van der Waals surface area contributed by atoms with Crippen molar-refractivity contribution in [1.82, 2.24) is 15.2 Å². The summed E-state index contributed by atoms with van der Waals surface area (Å²) in [6.45, 7) is 8.13. The van der Waals surface area contributed by atoms with Crippen molar-refractivity contribution >= 4 is 23.2 Å². The molecule has 1 aromatic heterocycles. The summed E-state index contributed by atoms with van der Waals surface area (Å²) in [6.07, 6.45) is 3.75. The molecular weight excluding hydrogens is 300 g/mol. The molecular formula is C16H25ClN4O. The van der Waals surface area contributed by atoms with Gasteiger partial charge in [-0.05, 0) is 31.9 Å². The first-order valence-electron chi connectivity index (χ1n) is 7.89. The fraction of sp³-hybridized carbons (Fsp3) is 0.625. The molecule has 0 radical (unpaired) electrons. The number of carbonyl (C=O) groups is 1. The molecule has 0 bridgehead atoms. The molecule has 0 aliphatic carbocycles. The Morgan fingerprint density at radius 3 is 2.64 bits per heavy atom. The topological polar surface area (TPSA) is 57.3 Å². The van der Waals surface area contributed by atoms with E-state index >= 15 is 0 Å². The summed E-state index contributed by atoms with van der Waals surface area (Å²) >= 11 is 5.98. The van der Waals surface area contributed by atoms with Crippen LogP contribution in [0.4, 0.5) is 5.69 Å². The van der Waals surface area contributed by atoms with Gasteiger partial charge in [-0.3, -0.25) is 9.69 Å². The van der Waals surface area contributed by atoms with Crippen molar-refractivity contribution in [3.8, 4) is 0 Å². The van der Waals surface area contributed by atoms with Gasteiger partial charge in [0.05, 0.1) is 11.7 Å². The van der Waals surface area contributed by atoms with Crippen LogP contribution in [-0.2, 0) is 4.79 Å². The van der Waals surface area contributed by atoms with Gasteiger partial charge >= 0.3 is 0 Å². The van der Waals surface area contributed by atoms with E-state index in [9.17, 15) is 4.79 Å². The first kappa shape index (κ1) is 17.2. The standard InChI is InChI=1S/C16H25ClN4O/c1-11(2)19-13-6-9-21(10-7-13)12(3)16(22)20-14-5-4-8-18-15(14)17/h4-5,8,11-13,19H,6-7,9-10H2,1-3H3,(H,20,22)/t12-/m0/s1. The number of hydrogen-bond acceptors (Lipinski definition) is 4. The molecule has 122 valence electrons. The molecule has 2 heterocycles. The van der Waals surface area contributed by atoms with Crippen LogP contribution < -0.4 is 10.6 Å². The Morgan fingerprint density at radius 1 is 1.36 bits per heavy atom. The summed E-state index contributed by atoms with van der Waals surface area (Å²) in [4.78, 5) is 18.6. The second-order valence-electron chi connectivity index (χ2n) is 6.14. The Labute approximate surface area is 137 Å². The van der Waals surface area contributed by atoms with E-state index in [1.54, 1.807) is 18.3 Å². The lowest BCUT2D eigenvalue weighted by Crippen LogP contribution is -2.50. The largest absolute Gasteiger partial charge is 0.322 e. The van der Waals surface area contributed by atoms with Gasteiger partial charge in [0.2, 0.25) is 5.91 Å². The number of piperidine rings is 1. The molecule has 6 heteroatoms. The van der Waals surface area contributed by atoms with Crippen molar-refractivity contribution in [2.75, 3.05) is 18.4 Å². The monoisotopic (exact) mass is 324 g/mol. The van der Waals surface area contributed by atoms with E-state index in [1.807, 2.05) is 6.92 Å². The molecule has 0 saturated carbocycles. The molecule has 1 amide bonds. The van der Waals surface area contributed by atoms with Gasteiger partial charge in [0.25, 0.3) is 0 Å². The van der Waals surface area contributed by atoms with Crippen LogP contribution in [0.2, 0.25) is 5.15 Å². The third-order valence-corrected chi connectivity index (χ3v) is 4.34. The number of aromatic nitrogens is 1. The van der Waals surface area contributed by atoms with E-state index in [0.29, 0.717) is 22.9 Å². The van der Waals surface area contributed by atoms with Crippen molar-refractivity contribution in [1.29, 1.82) is 0 Å². The molecule has 5 nitrogen and oxygen atoms in total. The van der Waals surface area contributed by atoms with Gasteiger partial charge in [-0.25, -0.2) is 4.98 Å². The molecule has 1 fully saturated rings. The number of carbonyl (C=O) groups excluding carboxylic acids is 1. The normalized spacial score (nSPS) is 18.4. The average Bonchev–Trinajstić information content (AvgIpc) is 2.49. The molecule has 1 aliphatic heterocycles. The number of nitrogens with one attached hydrogen (secondary N) is 2. The molecule has 1 aliphatic rings. The lowest BCUT2D eigenvalue weighted by Gasteiger charge is -2.36. The number of halogens is 1.